The third-order valence-electron chi connectivity index (χ3n) is 5.33. The fraction of sp³-hybridized carbons (Fsp3) is 0.476. The monoisotopic (exact) mass is 398 g/mol. The van der Waals surface area contributed by atoms with E-state index < -0.39 is 0 Å². The van der Waals surface area contributed by atoms with Gasteiger partial charge in [-0.05, 0) is 44.7 Å². The first-order chi connectivity index (χ1) is 14.1. The van der Waals surface area contributed by atoms with Crippen LogP contribution in [0.4, 0.5) is 5.69 Å². The molecule has 8 heteroatoms. The zero-order valence-corrected chi connectivity index (χ0v) is 16.8. The number of anilines is 1. The van der Waals surface area contributed by atoms with Gasteiger partial charge in [0.1, 0.15) is 13.2 Å². The van der Waals surface area contributed by atoms with E-state index in [1.165, 1.54) is 0 Å². The fourth-order valence-corrected chi connectivity index (χ4v) is 3.60. The predicted octanol–water partition coefficient (Wildman–Crippen LogP) is 2.77. The largest absolute Gasteiger partial charge is 0.486 e. The number of benzene rings is 1. The molecule has 154 valence electrons. The first kappa shape index (κ1) is 19.3. The van der Waals surface area contributed by atoms with E-state index in [1.54, 1.807) is 18.2 Å². The summed E-state index contributed by atoms with van der Waals surface area (Å²) in [5.41, 5.74) is 1.73. The number of hydrogen-bond donors (Lipinski definition) is 2. The van der Waals surface area contributed by atoms with Crippen molar-refractivity contribution in [1.29, 1.82) is 0 Å². The van der Waals surface area contributed by atoms with Crippen LogP contribution in [0.2, 0.25) is 0 Å². The van der Waals surface area contributed by atoms with Crippen molar-refractivity contribution in [2.75, 3.05) is 18.5 Å². The normalized spacial score (nSPS) is 15.9. The van der Waals surface area contributed by atoms with Crippen LogP contribution in [0, 0.1) is 0 Å². The number of nitrogens with zero attached hydrogens (tertiary/aromatic N) is 2. The number of carbonyl (C=O) groups is 2. The molecular weight excluding hydrogens is 372 g/mol. The Morgan fingerprint density at radius 1 is 1.17 bits per heavy atom. The van der Waals surface area contributed by atoms with Crippen LogP contribution >= 0.6 is 0 Å². The Hall–Kier alpha value is -3.03. The van der Waals surface area contributed by atoms with Crippen molar-refractivity contribution in [2.45, 2.75) is 52.1 Å². The number of fused-ring (bicyclic) bond motifs is 2. The van der Waals surface area contributed by atoms with Crippen molar-refractivity contribution in [3.05, 3.63) is 35.4 Å². The van der Waals surface area contributed by atoms with Crippen LogP contribution in [-0.4, -0.2) is 40.6 Å². The van der Waals surface area contributed by atoms with Crippen molar-refractivity contribution >= 4 is 17.5 Å². The van der Waals surface area contributed by atoms with E-state index in [-0.39, 0.29) is 17.9 Å². The van der Waals surface area contributed by atoms with E-state index in [9.17, 15) is 9.59 Å². The predicted molar refractivity (Wildman–Crippen MR) is 108 cm³/mol. The van der Waals surface area contributed by atoms with Gasteiger partial charge >= 0.3 is 0 Å². The van der Waals surface area contributed by atoms with E-state index in [4.69, 9.17) is 9.47 Å². The zero-order chi connectivity index (χ0) is 20.4. The quantitative estimate of drug-likeness (QED) is 0.808. The molecule has 1 aromatic heterocycles. The second-order valence-electron chi connectivity index (χ2n) is 7.43. The molecule has 0 saturated carbocycles. The molecule has 0 aliphatic carbocycles. The van der Waals surface area contributed by atoms with Gasteiger partial charge in [-0.25, -0.2) is 4.98 Å². The van der Waals surface area contributed by atoms with Gasteiger partial charge in [-0.3, -0.25) is 9.59 Å². The molecule has 2 N–H and O–H groups in total. The second-order valence-corrected chi connectivity index (χ2v) is 7.43. The zero-order valence-electron chi connectivity index (χ0n) is 16.8. The Morgan fingerprint density at radius 3 is 2.76 bits per heavy atom. The molecular formula is C21H26N4O4. The Bertz CT molecular complexity index is 937. The minimum atomic E-state index is -0.324. The topological polar surface area (TPSA) is 94.5 Å². The number of amides is 2. The maximum atomic E-state index is 13.0. The van der Waals surface area contributed by atoms with Gasteiger partial charge in [0.15, 0.2) is 23.0 Å². The van der Waals surface area contributed by atoms with Crippen molar-refractivity contribution in [3.8, 4) is 11.5 Å². The molecule has 2 amide bonds. The van der Waals surface area contributed by atoms with Gasteiger partial charge in [0.05, 0.1) is 5.69 Å². The summed E-state index contributed by atoms with van der Waals surface area (Å²) in [7, 11) is 0. The summed E-state index contributed by atoms with van der Waals surface area (Å²) in [6.45, 7) is 5.66. The highest BCUT2D eigenvalue weighted by molar-refractivity contribution is 6.05. The molecule has 3 heterocycles. The highest BCUT2D eigenvalue weighted by Gasteiger charge is 2.28. The van der Waals surface area contributed by atoms with E-state index in [0.29, 0.717) is 48.5 Å². The second kappa shape index (κ2) is 8.14. The number of ether oxygens (including phenoxy) is 2. The number of nitrogens with one attached hydrogen (secondary N) is 2. The van der Waals surface area contributed by atoms with E-state index >= 15 is 0 Å². The van der Waals surface area contributed by atoms with Crippen molar-refractivity contribution in [3.63, 3.8) is 0 Å². The molecule has 1 unspecified atom stereocenters. The summed E-state index contributed by atoms with van der Waals surface area (Å²) in [6.07, 6.45) is 3.50. The summed E-state index contributed by atoms with van der Waals surface area (Å²) in [6, 6.07) is 5.34. The summed E-state index contributed by atoms with van der Waals surface area (Å²) >= 11 is 0. The Morgan fingerprint density at radius 2 is 1.97 bits per heavy atom. The SMILES string of the molecule is CCC(C)NC(=O)c1nc(C(=O)Nc2ccc3c(c2)OCCO3)c2n1CCCC2. The van der Waals surface area contributed by atoms with Crippen LogP contribution in [0.5, 0.6) is 11.5 Å². The molecule has 1 atom stereocenters. The smallest absolute Gasteiger partial charge is 0.287 e. The van der Waals surface area contributed by atoms with Gasteiger partial charge in [-0.15, -0.1) is 0 Å². The average molecular weight is 398 g/mol. The standard InChI is InChI=1S/C21H26N4O4/c1-3-13(2)22-21(27)19-24-18(15-6-4-5-9-25(15)19)20(26)23-14-7-8-16-17(12-14)29-11-10-28-16/h7-8,12-13H,3-6,9-11H2,1-2H3,(H,22,27)(H,23,26). The third-order valence-corrected chi connectivity index (χ3v) is 5.33. The lowest BCUT2D eigenvalue weighted by molar-refractivity contribution is 0.0923. The number of carbonyl (C=O) groups excluding carboxylic acids is 2. The molecule has 1 aromatic carbocycles. The van der Waals surface area contributed by atoms with Crippen LogP contribution in [0.3, 0.4) is 0 Å². The fourth-order valence-electron chi connectivity index (χ4n) is 3.60. The molecule has 8 nitrogen and oxygen atoms in total. The van der Waals surface area contributed by atoms with Crippen molar-refractivity contribution in [1.82, 2.24) is 14.9 Å². The summed E-state index contributed by atoms with van der Waals surface area (Å²) in [5.74, 6) is 1.02. The van der Waals surface area contributed by atoms with E-state index in [0.717, 1.165) is 31.4 Å². The molecule has 0 bridgehead atoms. The minimum Gasteiger partial charge on any atom is -0.486 e. The first-order valence-electron chi connectivity index (χ1n) is 10.2. The third kappa shape index (κ3) is 3.92. The first-order valence-corrected chi connectivity index (χ1v) is 10.2. The van der Waals surface area contributed by atoms with Gasteiger partial charge in [-0.1, -0.05) is 6.92 Å². The van der Waals surface area contributed by atoms with Crippen molar-refractivity contribution in [2.24, 2.45) is 0 Å². The highest BCUT2D eigenvalue weighted by Crippen LogP contribution is 2.33. The molecule has 0 saturated heterocycles. The van der Waals surface area contributed by atoms with Crippen LogP contribution in [0.25, 0.3) is 0 Å². The number of aromatic nitrogens is 2. The lowest BCUT2D eigenvalue weighted by Crippen LogP contribution is -2.34. The molecule has 2 aliphatic heterocycles. The number of hydrogen-bond acceptors (Lipinski definition) is 5. The van der Waals surface area contributed by atoms with Crippen LogP contribution in [0.15, 0.2) is 18.2 Å². The Kier molecular flexibility index (Phi) is 5.42. The summed E-state index contributed by atoms with van der Waals surface area (Å²) < 4.78 is 13.0. The number of imidazole rings is 1. The lowest BCUT2D eigenvalue weighted by Gasteiger charge is -2.19. The minimum absolute atomic E-state index is 0.0500. The molecule has 2 aliphatic rings. The Labute approximate surface area is 169 Å². The van der Waals surface area contributed by atoms with E-state index in [2.05, 4.69) is 15.6 Å². The van der Waals surface area contributed by atoms with E-state index in [1.807, 2.05) is 18.4 Å². The van der Waals surface area contributed by atoms with Gasteiger partial charge in [0.2, 0.25) is 0 Å². The van der Waals surface area contributed by atoms with Gasteiger partial charge in [-0.2, -0.15) is 0 Å². The maximum Gasteiger partial charge on any atom is 0.287 e. The van der Waals surface area contributed by atoms with Crippen molar-refractivity contribution < 1.29 is 19.1 Å². The summed E-state index contributed by atoms with van der Waals surface area (Å²) in [5, 5.41) is 5.83. The maximum absolute atomic E-state index is 13.0. The molecule has 0 spiro atoms. The number of rotatable bonds is 5. The van der Waals surface area contributed by atoms with Gasteiger partial charge in [0, 0.05) is 24.3 Å². The molecule has 2 aromatic rings. The molecule has 4 rings (SSSR count). The lowest BCUT2D eigenvalue weighted by atomic mass is 10.1. The van der Waals surface area contributed by atoms with Crippen LogP contribution < -0.4 is 20.1 Å². The van der Waals surface area contributed by atoms with Gasteiger partial charge < -0.3 is 24.7 Å². The summed E-state index contributed by atoms with van der Waals surface area (Å²) in [4.78, 5) is 30.1. The molecule has 29 heavy (non-hydrogen) atoms. The van der Waals surface area contributed by atoms with Crippen LogP contribution in [-0.2, 0) is 13.0 Å². The molecule has 0 fully saturated rings. The molecule has 0 radical (unpaired) electrons. The van der Waals surface area contributed by atoms with Crippen LogP contribution in [0.1, 0.15) is 59.9 Å². The Balaban J connectivity index is 1.59. The highest BCUT2D eigenvalue weighted by atomic mass is 16.6. The van der Waals surface area contributed by atoms with Gasteiger partial charge in [0.25, 0.3) is 11.8 Å². The average Bonchev–Trinajstić information content (AvgIpc) is 3.13.